The Morgan fingerprint density at radius 3 is 2.36 bits per heavy atom. The molecule has 1 amide bonds. The van der Waals surface area contributed by atoms with E-state index in [0.717, 1.165) is 28.7 Å². The Morgan fingerprint density at radius 2 is 1.77 bits per heavy atom. The first kappa shape index (κ1) is 29.1. The van der Waals surface area contributed by atoms with Gasteiger partial charge in [-0.2, -0.15) is 24.5 Å². The van der Waals surface area contributed by atoms with Crippen molar-refractivity contribution in [2.45, 2.75) is 44.5 Å². The van der Waals surface area contributed by atoms with Gasteiger partial charge in [-0.3, -0.25) is 4.90 Å². The summed E-state index contributed by atoms with van der Waals surface area (Å²) in [7, 11) is 0. The van der Waals surface area contributed by atoms with Gasteiger partial charge in [0.15, 0.2) is 6.10 Å². The van der Waals surface area contributed by atoms with E-state index in [2.05, 4.69) is 29.6 Å². The molecule has 6 nitrogen and oxygen atoms in total. The fourth-order valence-electron chi connectivity index (χ4n) is 5.34. The maximum atomic E-state index is 13.4. The Bertz CT molecular complexity index is 1180. The standard InChI is InChI=1S/C26H31N2O2S2.C2HF3O2/c29-26(27(23-12-17-31-20-23)18-21-6-2-1-3-7-21)30-25-19-28(14-10-22(25)11-15-28)13-4-8-24-9-5-16-32-24;3-2(4,5)1(6)7/h1-3,5-7,9,12,16-17,20,22,25H,4,8,10-11,13-15,18-19H2;(H,6,7)/q+1;/p-1/t22?,25-,28?;/m0./s1. The number of aryl methyl sites for hydroxylation is 1. The third-order valence-corrected chi connectivity index (χ3v) is 8.99. The molecule has 0 spiro atoms. The van der Waals surface area contributed by atoms with Crippen LogP contribution in [0.25, 0.3) is 0 Å². The van der Waals surface area contributed by atoms with E-state index in [1.54, 1.807) is 16.2 Å². The van der Waals surface area contributed by atoms with Crippen LogP contribution in [-0.4, -0.2) is 55.0 Å². The number of quaternary nitrogens is 1. The number of ether oxygens (including phenoxy) is 1. The molecule has 3 saturated heterocycles. The Hall–Kier alpha value is -2.89. The van der Waals surface area contributed by atoms with Gasteiger partial charge in [0.25, 0.3) is 0 Å². The van der Waals surface area contributed by atoms with Gasteiger partial charge in [0.1, 0.15) is 12.5 Å². The number of amides is 1. The summed E-state index contributed by atoms with van der Waals surface area (Å²) in [5, 5.41) is 15.0. The monoisotopic (exact) mass is 580 g/mol. The summed E-state index contributed by atoms with van der Waals surface area (Å²) < 4.78 is 38.9. The van der Waals surface area contributed by atoms with Crippen LogP contribution in [0.5, 0.6) is 0 Å². The third-order valence-electron chi connectivity index (χ3n) is 7.38. The van der Waals surface area contributed by atoms with Gasteiger partial charge in [-0.15, -0.1) is 11.3 Å². The zero-order valence-electron chi connectivity index (χ0n) is 21.3. The summed E-state index contributed by atoms with van der Waals surface area (Å²) in [6.45, 7) is 5.18. The summed E-state index contributed by atoms with van der Waals surface area (Å²) in [6.07, 6.45) is -0.649. The number of fused-ring (bicyclic) bond motifs is 3. The van der Waals surface area contributed by atoms with Crippen LogP contribution < -0.4 is 10.0 Å². The molecular formula is C28H31F3N2O4S2. The van der Waals surface area contributed by atoms with Gasteiger partial charge < -0.3 is 19.1 Å². The van der Waals surface area contributed by atoms with E-state index in [9.17, 15) is 18.0 Å². The second-order valence-corrected chi connectivity index (χ2v) is 11.8. The molecule has 5 heterocycles. The van der Waals surface area contributed by atoms with Gasteiger partial charge in [-0.05, 0) is 34.9 Å². The topological polar surface area (TPSA) is 69.7 Å². The van der Waals surface area contributed by atoms with Crippen LogP contribution in [0.15, 0.2) is 64.7 Å². The Labute approximate surface area is 233 Å². The first-order chi connectivity index (χ1) is 18.7. The summed E-state index contributed by atoms with van der Waals surface area (Å²) >= 11 is 3.47. The van der Waals surface area contributed by atoms with E-state index in [4.69, 9.17) is 14.6 Å². The Morgan fingerprint density at radius 1 is 1.05 bits per heavy atom. The van der Waals surface area contributed by atoms with E-state index < -0.39 is 12.1 Å². The summed E-state index contributed by atoms with van der Waals surface area (Å²) in [4.78, 5) is 25.4. The maximum absolute atomic E-state index is 13.4. The molecule has 3 aliphatic rings. The van der Waals surface area contributed by atoms with Gasteiger partial charge in [0.2, 0.25) is 0 Å². The molecule has 1 aromatic carbocycles. The molecule has 0 N–H and O–H groups in total. The zero-order valence-corrected chi connectivity index (χ0v) is 23.0. The van der Waals surface area contributed by atoms with Gasteiger partial charge in [0, 0.05) is 35.4 Å². The fraction of sp³-hybridized carbons (Fsp3) is 0.429. The molecule has 0 radical (unpaired) electrons. The van der Waals surface area contributed by atoms with E-state index >= 15 is 0 Å². The highest BCUT2D eigenvalue weighted by atomic mass is 32.1. The number of halogens is 3. The first-order valence-electron chi connectivity index (χ1n) is 12.9. The molecule has 0 saturated carbocycles. The van der Waals surface area contributed by atoms with Crippen LogP contribution in [0.3, 0.4) is 0 Å². The number of hydrogen-bond donors (Lipinski definition) is 0. The Kier molecular flexibility index (Phi) is 9.68. The maximum Gasteiger partial charge on any atom is 0.430 e. The lowest BCUT2D eigenvalue weighted by Gasteiger charge is -2.52. The van der Waals surface area contributed by atoms with Crippen molar-refractivity contribution < 1.29 is 37.1 Å². The van der Waals surface area contributed by atoms with Gasteiger partial charge in [0.05, 0.1) is 31.9 Å². The molecule has 1 atom stereocenters. The molecule has 0 aliphatic carbocycles. The Balaban J connectivity index is 0.000000448. The number of aliphatic carboxylic acids is 1. The normalized spacial score (nSPS) is 22.0. The average Bonchev–Trinajstić information content (AvgIpc) is 3.63. The number of piperidine rings is 3. The molecule has 3 aliphatic heterocycles. The molecule has 2 bridgehead atoms. The van der Waals surface area contributed by atoms with Crippen molar-refractivity contribution in [3.8, 4) is 0 Å². The predicted octanol–water partition coefficient (Wildman–Crippen LogP) is 5.49. The molecule has 11 heteroatoms. The number of hydrogen-bond acceptors (Lipinski definition) is 6. The van der Waals surface area contributed by atoms with Crippen LogP contribution >= 0.6 is 22.7 Å². The van der Waals surface area contributed by atoms with Crippen LogP contribution in [0.1, 0.15) is 29.7 Å². The highest BCUT2D eigenvalue weighted by molar-refractivity contribution is 7.09. The molecule has 6 rings (SSSR count). The zero-order chi connectivity index (χ0) is 27.9. The summed E-state index contributed by atoms with van der Waals surface area (Å²) in [6, 6.07) is 16.6. The average molecular weight is 581 g/mol. The smallest absolute Gasteiger partial charge is 0.430 e. The summed E-state index contributed by atoms with van der Waals surface area (Å²) in [5.74, 6) is -2.50. The van der Waals surface area contributed by atoms with Crippen molar-refractivity contribution in [1.29, 1.82) is 0 Å². The highest BCUT2D eigenvalue weighted by Crippen LogP contribution is 2.36. The number of alkyl halides is 3. The third kappa shape index (κ3) is 8.06. The minimum Gasteiger partial charge on any atom is -0.542 e. The minimum absolute atomic E-state index is 0.0312. The lowest BCUT2D eigenvalue weighted by Crippen LogP contribution is -2.65. The number of benzene rings is 1. The largest absolute Gasteiger partial charge is 0.542 e. The van der Waals surface area contributed by atoms with Crippen molar-refractivity contribution in [2.24, 2.45) is 5.92 Å². The number of thiophene rings is 2. The minimum atomic E-state index is -5.19. The first-order valence-corrected chi connectivity index (χ1v) is 14.7. The number of carbonyl (C=O) groups is 2. The molecule has 210 valence electrons. The van der Waals surface area contributed by atoms with Gasteiger partial charge in [-0.25, -0.2) is 4.79 Å². The van der Waals surface area contributed by atoms with Crippen LogP contribution in [0.2, 0.25) is 0 Å². The number of carboxylic acid groups (broad SMARTS) is 1. The number of nitrogens with zero attached hydrogens (tertiary/aromatic N) is 2. The number of carbonyl (C=O) groups excluding carboxylic acids is 2. The quantitative estimate of drug-likeness (QED) is 0.331. The van der Waals surface area contributed by atoms with Crippen molar-refractivity contribution in [3.05, 3.63) is 75.1 Å². The molecule has 3 aromatic rings. The van der Waals surface area contributed by atoms with E-state index in [1.165, 1.54) is 43.8 Å². The highest BCUT2D eigenvalue weighted by Gasteiger charge is 2.47. The predicted molar refractivity (Wildman–Crippen MR) is 143 cm³/mol. The fourth-order valence-corrected chi connectivity index (χ4v) is 6.74. The molecular weight excluding hydrogens is 549 g/mol. The van der Waals surface area contributed by atoms with Crippen LogP contribution in [0.4, 0.5) is 23.7 Å². The van der Waals surface area contributed by atoms with E-state index in [-0.39, 0.29) is 12.2 Å². The molecule has 0 unspecified atom stereocenters. The van der Waals surface area contributed by atoms with Gasteiger partial charge >= 0.3 is 12.3 Å². The van der Waals surface area contributed by atoms with Crippen molar-refractivity contribution in [2.75, 3.05) is 31.1 Å². The van der Waals surface area contributed by atoms with Crippen molar-refractivity contribution in [1.82, 2.24) is 0 Å². The van der Waals surface area contributed by atoms with E-state index in [1.807, 2.05) is 46.4 Å². The van der Waals surface area contributed by atoms with E-state index in [0.29, 0.717) is 12.5 Å². The lowest BCUT2D eigenvalue weighted by molar-refractivity contribution is -0.946. The second kappa shape index (κ2) is 13.0. The van der Waals surface area contributed by atoms with Crippen molar-refractivity contribution >= 4 is 40.4 Å². The number of carboxylic acids is 1. The lowest BCUT2D eigenvalue weighted by atomic mass is 9.83. The number of rotatable bonds is 8. The summed E-state index contributed by atoms with van der Waals surface area (Å²) in [5.41, 5.74) is 2.03. The molecule has 39 heavy (non-hydrogen) atoms. The van der Waals surface area contributed by atoms with Crippen molar-refractivity contribution in [3.63, 3.8) is 0 Å². The SMILES string of the molecule is O=C(O[C@H]1C[N+]2(CCCc3cccs3)CCC1CC2)N(Cc1ccccc1)c1ccsc1.O=C([O-])C(F)(F)F. The van der Waals surface area contributed by atoms with Gasteiger partial charge in [-0.1, -0.05) is 36.4 Å². The molecule has 3 fully saturated rings. The number of anilines is 1. The molecule has 2 aromatic heterocycles. The second-order valence-electron chi connectivity index (χ2n) is 9.98. The van der Waals surface area contributed by atoms with Crippen LogP contribution in [-0.2, 0) is 22.5 Å². The van der Waals surface area contributed by atoms with Crippen LogP contribution in [0, 0.1) is 5.92 Å².